The van der Waals surface area contributed by atoms with Crippen LogP contribution in [0.2, 0.25) is 0 Å². The highest BCUT2D eigenvalue weighted by Crippen LogP contribution is 2.16. The summed E-state index contributed by atoms with van der Waals surface area (Å²) in [4.78, 5) is 10.7. The molecule has 0 aromatic rings. The van der Waals surface area contributed by atoms with Gasteiger partial charge in [-0.3, -0.25) is 0 Å². The molecule has 8 heteroatoms. The molecule has 1 heterocycles. The number of nitrogens with zero attached hydrogens (tertiary/aromatic N) is 2. The molecule has 0 spiro atoms. The van der Waals surface area contributed by atoms with Crippen LogP contribution in [0.5, 0.6) is 0 Å². The number of rotatable bonds is 4. The van der Waals surface area contributed by atoms with Crippen LogP contribution < -0.4 is 0 Å². The van der Waals surface area contributed by atoms with Crippen molar-refractivity contribution in [2.45, 2.75) is 24.7 Å². The van der Waals surface area contributed by atoms with Gasteiger partial charge in [-0.15, -0.1) is 0 Å². The first-order valence-corrected chi connectivity index (χ1v) is 6.66. The second-order valence-electron chi connectivity index (χ2n) is 3.63. The first-order valence-electron chi connectivity index (χ1n) is 5.16. The van der Waals surface area contributed by atoms with Crippen molar-refractivity contribution in [2.75, 3.05) is 19.7 Å². The van der Waals surface area contributed by atoms with Crippen LogP contribution in [0.4, 0.5) is 0 Å². The van der Waals surface area contributed by atoms with Crippen LogP contribution >= 0.6 is 0 Å². The van der Waals surface area contributed by atoms with E-state index >= 15 is 0 Å². The molecular formula is C9H14N2O5S. The second kappa shape index (κ2) is 5.44. The van der Waals surface area contributed by atoms with Crippen molar-refractivity contribution < 1.29 is 23.1 Å². The molecule has 2 atom stereocenters. The van der Waals surface area contributed by atoms with E-state index in [-0.39, 0.29) is 26.1 Å². The molecule has 0 aliphatic carbocycles. The Morgan fingerprint density at radius 3 is 2.82 bits per heavy atom. The Balaban J connectivity index is 2.86. The fourth-order valence-corrected chi connectivity index (χ4v) is 3.14. The van der Waals surface area contributed by atoms with Gasteiger partial charge in [-0.25, -0.2) is 13.2 Å². The quantitative estimate of drug-likeness (QED) is 0.725. The van der Waals surface area contributed by atoms with Gasteiger partial charge in [0.05, 0.1) is 19.2 Å². The van der Waals surface area contributed by atoms with Gasteiger partial charge in [0.1, 0.15) is 0 Å². The average molecular weight is 262 g/mol. The fourth-order valence-electron chi connectivity index (χ4n) is 1.55. The molecule has 0 saturated carbocycles. The zero-order valence-corrected chi connectivity index (χ0v) is 10.2. The van der Waals surface area contributed by atoms with Gasteiger partial charge in [0.15, 0.2) is 11.4 Å². The lowest BCUT2D eigenvalue weighted by Crippen LogP contribution is -2.50. The maximum absolute atomic E-state index is 12.0. The van der Waals surface area contributed by atoms with Gasteiger partial charge in [0, 0.05) is 6.54 Å². The summed E-state index contributed by atoms with van der Waals surface area (Å²) in [7, 11) is -3.76. The van der Waals surface area contributed by atoms with Crippen LogP contribution in [0.25, 0.3) is 0 Å². The highest BCUT2D eigenvalue weighted by molar-refractivity contribution is 7.90. The largest absolute Gasteiger partial charge is 0.479 e. The molecule has 0 aromatic carbocycles. The summed E-state index contributed by atoms with van der Waals surface area (Å²) >= 11 is 0. The number of hydrogen-bond donors (Lipinski definition) is 1. The van der Waals surface area contributed by atoms with Crippen LogP contribution in [-0.2, 0) is 19.6 Å². The number of morpholine rings is 1. The van der Waals surface area contributed by atoms with Crippen LogP contribution in [0.3, 0.4) is 0 Å². The molecule has 0 amide bonds. The van der Waals surface area contributed by atoms with Crippen molar-refractivity contribution >= 4 is 16.0 Å². The van der Waals surface area contributed by atoms with Gasteiger partial charge < -0.3 is 9.84 Å². The summed E-state index contributed by atoms with van der Waals surface area (Å²) in [5.41, 5.74) is 0. The lowest BCUT2D eigenvalue weighted by molar-refractivity contribution is -0.153. The number of aliphatic carboxylic acids is 1. The van der Waals surface area contributed by atoms with Crippen LogP contribution in [-0.4, -0.2) is 54.8 Å². The number of carboxylic acid groups (broad SMARTS) is 1. The summed E-state index contributed by atoms with van der Waals surface area (Å²) in [6.07, 6.45) is -0.983. The molecule has 1 aliphatic heterocycles. The highest BCUT2D eigenvalue weighted by atomic mass is 32.2. The van der Waals surface area contributed by atoms with Crippen molar-refractivity contribution in [3.8, 4) is 6.07 Å². The van der Waals surface area contributed by atoms with E-state index in [0.29, 0.717) is 0 Å². The molecule has 1 rings (SSSR count). The Kier molecular flexibility index (Phi) is 4.45. The Morgan fingerprint density at radius 1 is 1.71 bits per heavy atom. The number of nitriles is 1. The van der Waals surface area contributed by atoms with Crippen molar-refractivity contribution in [3.63, 3.8) is 0 Å². The number of carbonyl (C=O) groups is 1. The van der Waals surface area contributed by atoms with Crippen molar-refractivity contribution in [2.24, 2.45) is 0 Å². The molecule has 1 N–H and O–H groups in total. The van der Waals surface area contributed by atoms with Crippen molar-refractivity contribution in [1.82, 2.24) is 4.31 Å². The molecule has 7 nitrogen and oxygen atoms in total. The van der Waals surface area contributed by atoms with Crippen molar-refractivity contribution in [1.29, 1.82) is 5.26 Å². The van der Waals surface area contributed by atoms with E-state index in [1.807, 2.05) is 0 Å². The molecule has 17 heavy (non-hydrogen) atoms. The zero-order chi connectivity index (χ0) is 13.1. The summed E-state index contributed by atoms with van der Waals surface area (Å²) in [5.74, 6) is -1.20. The summed E-state index contributed by atoms with van der Waals surface area (Å²) in [6, 6.07) is 1.72. The summed E-state index contributed by atoms with van der Waals surface area (Å²) < 4.78 is 29.9. The Bertz CT molecular complexity index is 427. The third-order valence-electron chi connectivity index (χ3n) is 2.54. The monoisotopic (exact) mass is 262 g/mol. The zero-order valence-electron chi connectivity index (χ0n) is 9.37. The third-order valence-corrected chi connectivity index (χ3v) is 4.75. The molecule has 2 unspecified atom stereocenters. The SMILES string of the molecule is CCC(C#N)S(=O)(=O)N1CCOC(C(=O)O)C1. The number of ether oxygens (including phenoxy) is 1. The Labute approximate surface area is 99.6 Å². The molecule has 0 bridgehead atoms. The maximum Gasteiger partial charge on any atom is 0.334 e. The van der Waals surface area contributed by atoms with E-state index in [4.69, 9.17) is 15.1 Å². The number of sulfonamides is 1. The molecule has 1 fully saturated rings. The first kappa shape index (κ1) is 13.9. The normalized spacial score (nSPS) is 23.9. The molecule has 1 saturated heterocycles. The van der Waals surface area contributed by atoms with E-state index < -0.39 is 27.3 Å². The van der Waals surface area contributed by atoms with Gasteiger partial charge in [-0.05, 0) is 6.42 Å². The van der Waals surface area contributed by atoms with Crippen LogP contribution in [0.1, 0.15) is 13.3 Å². The molecule has 1 aliphatic rings. The van der Waals surface area contributed by atoms with Gasteiger partial charge in [-0.2, -0.15) is 9.57 Å². The molecular weight excluding hydrogens is 248 g/mol. The number of hydrogen-bond acceptors (Lipinski definition) is 5. The maximum atomic E-state index is 12.0. The molecule has 0 radical (unpaired) electrons. The predicted octanol–water partition coefficient (Wildman–Crippen LogP) is -0.596. The standard InChI is InChI=1S/C9H14N2O5S/c1-2-7(5-10)17(14,15)11-3-4-16-8(6-11)9(12)13/h7-8H,2-4,6H2,1H3,(H,12,13). The fraction of sp³-hybridized carbons (Fsp3) is 0.778. The van der Waals surface area contributed by atoms with Crippen molar-refractivity contribution in [3.05, 3.63) is 0 Å². The average Bonchev–Trinajstić information content (AvgIpc) is 2.30. The first-order chi connectivity index (χ1) is 7.93. The smallest absolute Gasteiger partial charge is 0.334 e. The summed E-state index contributed by atoms with van der Waals surface area (Å²) in [6.45, 7) is 1.47. The van der Waals surface area contributed by atoms with Gasteiger partial charge in [-0.1, -0.05) is 6.92 Å². The van der Waals surface area contributed by atoms with E-state index in [0.717, 1.165) is 4.31 Å². The van der Waals surface area contributed by atoms with E-state index in [2.05, 4.69) is 0 Å². The molecule has 96 valence electrons. The molecule has 0 aromatic heterocycles. The topological polar surface area (TPSA) is 108 Å². The van der Waals surface area contributed by atoms with E-state index in [1.54, 1.807) is 13.0 Å². The third kappa shape index (κ3) is 2.94. The Morgan fingerprint density at radius 2 is 2.35 bits per heavy atom. The minimum absolute atomic E-state index is 0.0259. The Hall–Kier alpha value is -1.17. The minimum atomic E-state index is -3.76. The van der Waals surface area contributed by atoms with Gasteiger partial charge in [0.25, 0.3) is 0 Å². The van der Waals surface area contributed by atoms with E-state index in [9.17, 15) is 13.2 Å². The van der Waals surface area contributed by atoms with Crippen LogP contribution in [0, 0.1) is 11.3 Å². The minimum Gasteiger partial charge on any atom is -0.479 e. The lowest BCUT2D eigenvalue weighted by Gasteiger charge is -2.31. The van der Waals surface area contributed by atoms with E-state index in [1.165, 1.54) is 0 Å². The van der Waals surface area contributed by atoms with Gasteiger partial charge >= 0.3 is 5.97 Å². The lowest BCUT2D eigenvalue weighted by atomic mass is 10.3. The van der Waals surface area contributed by atoms with Crippen LogP contribution in [0.15, 0.2) is 0 Å². The highest BCUT2D eigenvalue weighted by Gasteiger charge is 2.37. The second-order valence-corrected chi connectivity index (χ2v) is 5.74. The predicted molar refractivity (Wildman–Crippen MR) is 57.6 cm³/mol. The van der Waals surface area contributed by atoms with Gasteiger partial charge in [0.2, 0.25) is 10.0 Å². The number of carboxylic acids is 1. The summed E-state index contributed by atoms with van der Waals surface area (Å²) in [5, 5.41) is 16.4.